The van der Waals surface area contributed by atoms with Gasteiger partial charge in [0, 0.05) is 38.1 Å². The molecule has 3 aliphatic rings. The lowest BCUT2D eigenvalue weighted by Crippen LogP contribution is -2.47. The highest BCUT2D eigenvalue weighted by atomic mass is 16.5. The molecule has 3 fully saturated rings. The number of benzene rings is 1. The summed E-state index contributed by atoms with van der Waals surface area (Å²) < 4.78 is 10.7. The highest BCUT2D eigenvalue weighted by molar-refractivity contribution is 5.83. The van der Waals surface area contributed by atoms with E-state index in [1.807, 2.05) is 12.1 Å². The third kappa shape index (κ3) is 3.40. The number of hydrogen-bond acceptors (Lipinski definition) is 4. The Kier molecular flexibility index (Phi) is 4.69. The normalized spacial score (nSPS) is 32.6. The fraction of sp³-hybridized carbons (Fsp3) is 0.650. The Morgan fingerprint density at radius 3 is 2.56 bits per heavy atom. The van der Waals surface area contributed by atoms with Crippen molar-refractivity contribution in [2.45, 2.75) is 25.3 Å². The summed E-state index contributed by atoms with van der Waals surface area (Å²) in [7, 11) is 1.68. The van der Waals surface area contributed by atoms with Crippen LogP contribution in [0.5, 0.6) is 5.75 Å². The molecule has 5 heteroatoms. The first-order chi connectivity index (χ1) is 12.2. The second-order valence-corrected chi connectivity index (χ2v) is 7.66. The number of morpholine rings is 1. The van der Waals surface area contributed by atoms with Gasteiger partial charge in [-0.3, -0.25) is 9.69 Å². The van der Waals surface area contributed by atoms with Gasteiger partial charge in [-0.15, -0.1) is 0 Å². The highest BCUT2D eigenvalue weighted by Gasteiger charge is 2.48. The molecule has 0 radical (unpaired) electrons. The summed E-state index contributed by atoms with van der Waals surface area (Å²) in [6.07, 6.45) is 0.984. The van der Waals surface area contributed by atoms with Crippen LogP contribution in [0.25, 0.3) is 0 Å². The molecule has 0 spiro atoms. The Balaban J connectivity index is 1.35. The van der Waals surface area contributed by atoms with Crippen molar-refractivity contribution in [3.63, 3.8) is 0 Å². The molecule has 1 aromatic carbocycles. The zero-order valence-electron chi connectivity index (χ0n) is 15.2. The van der Waals surface area contributed by atoms with Gasteiger partial charge in [-0.2, -0.15) is 0 Å². The Morgan fingerprint density at radius 1 is 1.16 bits per heavy atom. The summed E-state index contributed by atoms with van der Waals surface area (Å²) in [4.78, 5) is 17.6. The first kappa shape index (κ1) is 16.9. The number of carbonyl (C=O) groups is 1. The Morgan fingerprint density at radius 2 is 1.88 bits per heavy atom. The molecule has 1 amide bonds. The number of carbonyl (C=O) groups excluding carboxylic acids is 1. The zero-order chi connectivity index (χ0) is 17.4. The van der Waals surface area contributed by atoms with Gasteiger partial charge < -0.3 is 14.4 Å². The van der Waals surface area contributed by atoms with Crippen LogP contribution in [0.2, 0.25) is 0 Å². The summed E-state index contributed by atoms with van der Waals surface area (Å²) in [5.41, 5.74) is 1.26. The van der Waals surface area contributed by atoms with Crippen LogP contribution in [-0.2, 0) is 9.53 Å². The second kappa shape index (κ2) is 6.96. The first-order valence-electron chi connectivity index (χ1n) is 9.42. The van der Waals surface area contributed by atoms with Crippen molar-refractivity contribution in [3.05, 3.63) is 29.8 Å². The van der Waals surface area contributed by atoms with Crippen LogP contribution >= 0.6 is 0 Å². The molecule has 2 aliphatic heterocycles. The van der Waals surface area contributed by atoms with Crippen LogP contribution in [0.3, 0.4) is 0 Å². The van der Waals surface area contributed by atoms with E-state index in [-0.39, 0.29) is 5.92 Å². The Bertz CT molecular complexity index is 612. The zero-order valence-corrected chi connectivity index (χ0v) is 15.2. The average molecular weight is 344 g/mol. The van der Waals surface area contributed by atoms with Crippen molar-refractivity contribution >= 4 is 5.91 Å². The van der Waals surface area contributed by atoms with Gasteiger partial charge in [0.2, 0.25) is 5.91 Å². The first-order valence-corrected chi connectivity index (χ1v) is 9.42. The van der Waals surface area contributed by atoms with Crippen LogP contribution in [0.1, 0.15) is 24.8 Å². The third-order valence-corrected chi connectivity index (χ3v) is 6.05. The molecule has 25 heavy (non-hydrogen) atoms. The molecule has 4 atom stereocenters. The summed E-state index contributed by atoms with van der Waals surface area (Å²) in [6, 6.07) is 8.66. The fourth-order valence-corrected chi connectivity index (χ4v) is 4.44. The van der Waals surface area contributed by atoms with E-state index in [4.69, 9.17) is 9.47 Å². The number of nitrogens with zero attached hydrogens (tertiary/aromatic N) is 2. The molecule has 136 valence electrons. The monoisotopic (exact) mass is 344 g/mol. The Hall–Kier alpha value is -1.59. The molecule has 0 bridgehead atoms. The lowest BCUT2D eigenvalue weighted by molar-refractivity contribution is -0.131. The Labute approximate surface area is 149 Å². The summed E-state index contributed by atoms with van der Waals surface area (Å²) in [5.74, 6) is 2.32. The minimum absolute atomic E-state index is 0.170. The number of hydrogen-bond donors (Lipinski definition) is 0. The average Bonchev–Trinajstić information content (AvgIpc) is 3.37. The van der Waals surface area contributed by atoms with Crippen LogP contribution < -0.4 is 4.74 Å². The lowest BCUT2D eigenvalue weighted by atomic mass is 10.0. The minimum Gasteiger partial charge on any atom is -0.497 e. The van der Waals surface area contributed by atoms with Crippen molar-refractivity contribution in [2.75, 3.05) is 46.5 Å². The molecule has 1 aromatic rings. The van der Waals surface area contributed by atoms with Gasteiger partial charge in [-0.05, 0) is 36.0 Å². The largest absolute Gasteiger partial charge is 0.497 e. The number of methoxy groups -OCH3 is 1. The van der Waals surface area contributed by atoms with Crippen molar-refractivity contribution in [1.82, 2.24) is 9.80 Å². The van der Waals surface area contributed by atoms with Gasteiger partial charge in [0.05, 0.1) is 20.3 Å². The van der Waals surface area contributed by atoms with E-state index in [0.29, 0.717) is 23.8 Å². The quantitative estimate of drug-likeness (QED) is 0.838. The van der Waals surface area contributed by atoms with Crippen LogP contribution in [-0.4, -0.2) is 68.3 Å². The van der Waals surface area contributed by atoms with Crippen molar-refractivity contribution in [1.29, 1.82) is 0 Å². The van der Waals surface area contributed by atoms with E-state index < -0.39 is 0 Å². The third-order valence-electron chi connectivity index (χ3n) is 6.05. The van der Waals surface area contributed by atoms with Gasteiger partial charge in [-0.1, -0.05) is 19.1 Å². The summed E-state index contributed by atoms with van der Waals surface area (Å²) in [6.45, 7) is 7.68. The molecule has 2 heterocycles. The standard InChI is InChI=1S/C20H28N2O3/c1-14-12-22(13-19(14)21-7-9-25-10-8-21)20(23)18-11-17(18)15-3-5-16(24-2)6-4-15/h3-6,14,17-19H,7-13H2,1-2H3/t14-,17+,18+,19+/m1/s1. The predicted molar refractivity (Wildman–Crippen MR) is 95.8 cm³/mol. The molecule has 2 saturated heterocycles. The van der Waals surface area contributed by atoms with Crippen LogP contribution in [0.15, 0.2) is 24.3 Å². The molecule has 1 saturated carbocycles. The van der Waals surface area contributed by atoms with Crippen LogP contribution in [0, 0.1) is 11.8 Å². The van der Waals surface area contributed by atoms with Crippen molar-refractivity contribution in [2.24, 2.45) is 11.8 Å². The van der Waals surface area contributed by atoms with Crippen molar-refractivity contribution < 1.29 is 14.3 Å². The van der Waals surface area contributed by atoms with Gasteiger partial charge in [0.15, 0.2) is 0 Å². The number of likely N-dealkylation sites (tertiary alicyclic amines) is 1. The van der Waals surface area contributed by atoms with E-state index >= 15 is 0 Å². The maximum absolute atomic E-state index is 12.9. The molecule has 0 aromatic heterocycles. The van der Waals surface area contributed by atoms with Gasteiger partial charge >= 0.3 is 0 Å². The molecular formula is C20H28N2O3. The maximum Gasteiger partial charge on any atom is 0.226 e. The summed E-state index contributed by atoms with van der Waals surface area (Å²) >= 11 is 0. The second-order valence-electron chi connectivity index (χ2n) is 7.66. The molecule has 0 unspecified atom stereocenters. The minimum atomic E-state index is 0.170. The maximum atomic E-state index is 12.9. The molecule has 5 nitrogen and oxygen atoms in total. The van der Waals surface area contributed by atoms with Crippen molar-refractivity contribution in [3.8, 4) is 5.75 Å². The highest BCUT2D eigenvalue weighted by Crippen LogP contribution is 2.49. The van der Waals surface area contributed by atoms with E-state index in [1.165, 1.54) is 5.56 Å². The smallest absolute Gasteiger partial charge is 0.226 e. The SMILES string of the molecule is COc1ccc([C@@H]2C[C@@H]2C(=O)N2C[C@@H](C)[C@@H](N3CCOCC3)C2)cc1. The topological polar surface area (TPSA) is 42.0 Å². The molecule has 0 N–H and O–H groups in total. The van der Waals surface area contributed by atoms with Crippen LogP contribution in [0.4, 0.5) is 0 Å². The van der Waals surface area contributed by atoms with E-state index in [1.54, 1.807) is 7.11 Å². The predicted octanol–water partition coefficient (Wildman–Crippen LogP) is 1.98. The molecular weight excluding hydrogens is 316 g/mol. The fourth-order valence-electron chi connectivity index (χ4n) is 4.44. The summed E-state index contributed by atoms with van der Waals surface area (Å²) in [5, 5.41) is 0. The van der Waals surface area contributed by atoms with E-state index in [9.17, 15) is 4.79 Å². The number of rotatable bonds is 4. The lowest BCUT2D eigenvalue weighted by Gasteiger charge is -2.34. The van der Waals surface area contributed by atoms with E-state index in [0.717, 1.165) is 51.6 Å². The van der Waals surface area contributed by atoms with Gasteiger partial charge in [-0.25, -0.2) is 0 Å². The van der Waals surface area contributed by atoms with Gasteiger partial charge in [0.25, 0.3) is 0 Å². The number of ether oxygens (including phenoxy) is 2. The molecule has 1 aliphatic carbocycles. The van der Waals surface area contributed by atoms with Gasteiger partial charge in [0.1, 0.15) is 5.75 Å². The number of amides is 1. The van der Waals surface area contributed by atoms with E-state index in [2.05, 4.69) is 28.9 Å². The molecule has 4 rings (SSSR count).